The van der Waals surface area contributed by atoms with E-state index in [1.807, 2.05) is 24.3 Å². The lowest BCUT2D eigenvalue weighted by molar-refractivity contribution is 0.414. The fourth-order valence-electron chi connectivity index (χ4n) is 2.12. The zero-order chi connectivity index (χ0) is 14.5. The third-order valence-corrected chi connectivity index (χ3v) is 4.01. The largest absolute Gasteiger partial charge is 0.497 e. The van der Waals surface area contributed by atoms with Gasteiger partial charge in [0.1, 0.15) is 5.75 Å². The van der Waals surface area contributed by atoms with Crippen LogP contribution in [0.25, 0.3) is 0 Å². The number of ether oxygens (including phenoxy) is 1. The number of anilines is 1. The van der Waals surface area contributed by atoms with Gasteiger partial charge in [-0.1, -0.05) is 39.7 Å². The Balaban J connectivity index is 2.16. The number of alkyl halides is 1. The molecule has 2 rings (SSSR count). The molecule has 0 aliphatic heterocycles. The molecule has 0 saturated heterocycles. The lowest BCUT2D eigenvalue weighted by Gasteiger charge is -2.22. The number of rotatable bonds is 5. The Morgan fingerprint density at radius 3 is 2.45 bits per heavy atom. The quantitative estimate of drug-likeness (QED) is 0.710. The second-order valence-corrected chi connectivity index (χ2v) is 5.61. The molecular weight excluding hydrogens is 338 g/mol. The van der Waals surface area contributed by atoms with Crippen LogP contribution in [-0.4, -0.2) is 14.2 Å². The first-order chi connectivity index (χ1) is 9.63. The molecule has 0 atom stereocenters. The second-order valence-electron chi connectivity index (χ2n) is 4.61. The Labute approximate surface area is 133 Å². The molecule has 0 aliphatic rings. The minimum absolute atomic E-state index is 0.765. The van der Waals surface area contributed by atoms with E-state index in [4.69, 9.17) is 16.3 Å². The number of methoxy groups -OCH3 is 1. The van der Waals surface area contributed by atoms with Gasteiger partial charge in [-0.25, -0.2) is 0 Å². The Hall–Kier alpha value is -1.19. The summed E-state index contributed by atoms with van der Waals surface area (Å²) < 4.78 is 5.17. The maximum absolute atomic E-state index is 6.04. The van der Waals surface area contributed by atoms with Crippen molar-refractivity contribution in [1.29, 1.82) is 0 Å². The summed E-state index contributed by atoms with van der Waals surface area (Å²) in [5.74, 6) is 0.879. The van der Waals surface area contributed by atoms with Gasteiger partial charge in [-0.3, -0.25) is 0 Å². The third-order valence-electron chi connectivity index (χ3n) is 3.18. The first-order valence-electron chi connectivity index (χ1n) is 6.32. The highest BCUT2D eigenvalue weighted by atomic mass is 79.9. The van der Waals surface area contributed by atoms with Crippen molar-refractivity contribution in [2.75, 3.05) is 19.1 Å². The number of hydrogen-bond donors (Lipinski definition) is 0. The van der Waals surface area contributed by atoms with Crippen LogP contribution in [-0.2, 0) is 11.9 Å². The van der Waals surface area contributed by atoms with E-state index in [2.05, 4.69) is 46.1 Å². The van der Waals surface area contributed by atoms with Gasteiger partial charge >= 0.3 is 0 Å². The van der Waals surface area contributed by atoms with Crippen LogP contribution in [0, 0.1) is 0 Å². The molecule has 0 amide bonds. The molecule has 0 saturated carbocycles. The van der Waals surface area contributed by atoms with Gasteiger partial charge in [0.2, 0.25) is 0 Å². The molecule has 2 aromatic carbocycles. The van der Waals surface area contributed by atoms with Gasteiger partial charge in [-0.15, -0.1) is 0 Å². The van der Waals surface area contributed by atoms with E-state index >= 15 is 0 Å². The van der Waals surface area contributed by atoms with Crippen molar-refractivity contribution in [3.63, 3.8) is 0 Å². The molecule has 0 radical (unpaired) electrons. The van der Waals surface area contributed by atoms with Crippen LogP contribution in [0.4, 0.5) is 5.69 Å². The van der Waals surface area contributed by atoms with Crippen molar-refractivity contribution < 1.29 is 4.74 Å². The van der Waals surface area contributed by atoms with Gasteiger partial charge in [0.05, 0.1) is 7.11 Å². The van der Waals surface area contributed by atoms with Crippen molar-refractivity contribution in [1.82, 2.24) is 0 Å². The van der Waals surface area contributed by atoms with E-state index in [0.717, 1.165) is 22.6 Å². The molecule has 0 spiro atoms. The van der Waals surface area contributed by atoms with Crippen LogP contribution in [0.1, 0.15) is 11.1 Å². The molecule has 0 fully saturated rings. The smallest absolute Gasteiger partial charge is 0.118 e. The van der Waals surface area contributed by atoms with Gasteiger partial charge in [-0.2, -0.15) is 0 Å². The van der Waals surface area contributed by atoms with E-state index in [-0.39, 0.29) is 0 Å². The van der Waals surface area contributed by atoms with Gasteiger partial charge in [0, 0.05) is 29.6 Å². The summed E-state index contributed by atoms with van der Waals surface area (Å²) in [4.78, 5) is 2.22. The van der Waals surface area contributed by atoms with Crippen molar-refractivity contribution in [2.24, 2.45) is 0 Å². The van der Waals surface area contributed by atoms with Gasteiger partial charge in [0.25, 0.3) is 0 Å². The number of nitrogens with zero attached hydrogens (tertiary/aromatic N) is 1. The minimum atomic E-state index is 0.765. The van der Waals surface area contributed by atoms with Crippen LogP contribution < -0.4 is 9.64 Å². The topological polar surface area (TPSA) is 12.5 Å². The molecule has 0 bridgehead atoms. The summed E-state index contributed by atoms with van der Waals surface area (Å²) in [6, 6.07) is 14.1. The highest BCUT2D eigenvalue weighted by molar-refractivity contribution is 9.08. The van der Waals surface area contributed by atoms with E-state index in [0.29, 0.717) is 0 Å². The van der Waals surface area contributed by atoms with E-state index in [1.54, 1.807) is 7.11 Å². The van der Waals surface area contributed by atoms with Crippen molar-refractivity contribution in [3.05, 3.63) is 58.6 Å². The van der Waals surface area contributed by atoms with Crippen LogP contribution in [0.2, 0.25) is 5.02 Å². The van der Waals surface area contributed by atoms with Crippen molar-refractivity contribution in [3.8, 4) is 5.75 Å². The molecule has 0 aliphatic carbocycles. The predicted octanol–water partition coefficient (Wildman–Crippen LogP) is 4.88. The zero-order valence-electron chi connectivity index (χ0n) is 11.6. The standard InChI is InChI=1S/C16H17BrClNO/c1-19(11-12-3-6-15(20-2)7-4-12)16-8-5-14(18)9-13(16)10-17/h3-9H,10-11H2,1-2H3. The lowest BCUT2D eigenvalue weighted by Crippen LogP contribution is -2.17. The Bertz CT molecular complexity index is 571. The van der Waals surface area contributed by atoms with Gasteiger partial charge in [0.15, 0.2) is 0 Å². The third kappa shape index (κ3) is 3.68. The zero-order valence-corrected chi connectivity index (χ0v) is 13.9. The summed E-state index contributed by atoms with van der Waals surface area (Å²) in [6.07, 6.45) is 0. The van der Waals surface area contributed by atoms with Gasteiger partial charge in [-0.05, 0) is 41.5 Å². The Morgan fingerprint density at radius 1 is 1.15 bits per heavy atom. The van der Waals surface area contributed by atoms with Crippen LogP contribution in [0.5, 0.6) is 5.75 Å². The fraction of sp³-hybridized carbons (Fsp3) is 0.250. The first-order valence-corrected chi connectivity index (χ1v) is 7.82. The molecule has 0 aromatic heterocycles. The first kappa shape index (κ1) is 15.2. The maximum Gasteiger partial charge on any atom is 0.118 e. The highest BCUT2D eigenvalue weighted by Gasteiger charge is 2.08. The van der Waals surface area contributed by atoms with Crippen molar-refractivity contribution >= 4 is 33.2 Å². The monoisotopic (exact) mass is 353 g/mol. The summed E-state index contributed by atoms with van der Waals surface area (Å²) >= 11 is 9.55. The molecule has 106 valence electrons. The normalized spacial score (nSPS) is 10.4. The Morgan fingerprint density at radius 2 is 1.85 bits per heavy atom. The molecule has 0 N–H and O–H groups in total. The number of hydrogen-bond acceptors (Lipinski definition) is 2. The molecule has 20 heavy (non-hydrogen) atoms. The summed E-state index contributed by atoms with van der Waals surface area (Å²) in [6.45, 7) is 0.839. The highest BCUT2D eigenvalue weighted by Crippen LogP contribution is 2.27. The molecule has 0 unspecified atom stereocenters. The average Bonchev–Trinajstić information content (AvgIpc) is 2.47. The minimum Gasteiger partial charge on any atom is -0.497 e. The summed E-state index contributed by atoms with van der Waals surface area (Å²) in [5, 5.41) is 1.55. The predicted molar refractivity (Wildman–Crippen MR) is 89.2 cm³/mol. The van der Waals surface area contributed by atoms with Gasteiger partial charge < -0.3 is 9.64 Å². The fourth-order valence-corrected chi connectivity index (χ4v) is 2.77. The van der Waals surface area contributed by atoms with E-state index < -0.39 is 0 Å². The SMILES string of the molecule is COc1ccc(CN(C)c2ccc(Cl)cc2CBr)cc1. The van der Waals surface area contributed by atoms with Crippen LogP contribution >= 0.6 is 27.5 Å². The average molecular weight is 355 g/mol. The van der Waals surface area contributed by atoms with Crippen molar-refractivity contribution in [2.45, 2.75) is 11.9 Å². The molecule has 2 nitrogen and oxygen atoms in total. The summed E-state index contributed by atoms with van der Waals surface area (Å²) in [5.41, 5.74) is 3.61. The summed E-state index contributed by atoms with van der Waals surface area (Å²) in [7, 11) is 3.76. The second kappa shape index (κ2) is 7.00. The van der Waals surface area contributed by atoms with Crippen LogP contribution in [0.3, 0.4) is 0 Å². The van der Waals surface area contributed by atoms with E-state index in [1.165, 1.54) is 16.8 Å². The van der Waals surface area contributed by atoms with E-state index in [9.17, 15) is 0 Å². The molecule has 2 aromatic rings. The maximum atomic E-state index is 6.04. The molecular formula is C16H17BrClNO. The Kier molecular flexibility index (Phi) is 5.32. The number of halogens is 2. The lowest BCUT2D eigenvalue weighted by atomic mass is 10.1. The number of benzene rings is 2. The van der Waals surface area contributed by atoms with Crippen LogP contribution in [0.15, 0.2) is 42.5 Å². The molecule has 0 heterocycles. The molecule has 4 heteroatoms.